The third-order valence-corrected chi connectivity index (χ3v) is 1.83. The van der Waals surface area contributed by atoms with Crippen LogP contribution in [0.15, 0.2) is 0 Å². The van der Waals surface area contributed by atoms with Gasteiger partial charge in [0.2, 0.25) is 18.9 Å². The van der Waals surface area contributed by atoms with Gasteiger partial charge in [0.15, 0.2) is 0 Å². The normalized spacial score (nSPS) is 11.4. The van der Waals surface area contributed by atoms with E-state index >= 15 is 0 Å². The van der Waals surface area contributed by atoms with Crippen LogP contribution < -0.4 is 0 Å². The van der Waals surface area contributed by atoms with Gasteiger partial charge in [-0.2, -0.15) is 0 Å². The summed E-state index contributed by atoms with van der Waals surface area (Å²) >= 11 is 0. The van der Waals surface area contributed by atoms with Crippen molar-refractivity contribution in [3.05, 3.63) is 0 Å². The number of hydrogen-bond donors (Lipinski definition) is 2. The van der Waals surface area contributed by atoms with Crippen LogP contribution in [-0.2, 0) is 14.4 Å². The lowest BCUT2D eigenvalue weighted by Crippen LogP contribution is -2.57. The third-order valence-electron chi connectivity index (χ3n) is 1.83. The van der Waals surface area contributed by atoms with E-state index in [9.17, 15) is 14.4 Å². The molecule has 14 heavy (non-hydrogen) atoms. The standard InChI is InChI=1S/C8H10NO5/c10-3-1-9(2-4-11)8(5-12,6-13)7-14/h12-13H,1-2,5-6H2. The van der Waals surface area contributed by atoms with Gasteiger partial charge in [-0.05, 0) is 0 Å². The molecule has 0 saturated heterocycles. The average molecular weight is 200 g/mol. The van der Waals surface area contributed by atoms with E-state index in [0.29, 0.717) is 0 Å². The van der Waals surface area contributed by atoms with Crippen molar-refractivity contribution >= 4 is 18.9 Å². The monoisotopic (exact) mass is 200 g/mol. The molecule has 77 valence electrons. The van der Waals surface area contributed by atoms with Crippen LogP contribution in [0.1, 0.15) is 0 Å². The Morgan fingerprint density at radius 2 is 1.43 bits per heavy atom. The summed E-state index contributed by atoms with van der Waals surface area (Å²) in [6.45, 7) is -2.25. The third kappa shape index (κ3) is 2.69. The summed E-state index contributed by atoms with van der Waals surface area (Å²) in [7, 11) is 0. The van der Waals surface area contributed by atoms with Crippen LogP contribution in [-0.4, -0.2) is 65.8 Å². The molecule has 0 bridgehead atoms. The van der Waals surface area contributed by atoms with Gasteiger partial charge >= 0.3 is 0 Å². The maximum atomic E-state index is 10.5. The molecule has 0 fully saturated rings. The van der Waals surface area contributed by atoms with Crippen molar-refractivity contribution in [1.29, 1.82) is 0 Å². The first-order valence-electron chi connectivity index (χ1n) is 3.77. The molecule has 0 spiro atoms. The molecule has 0 aliphatic carbocycles. The van der Waals surface area contributed by atoms with Crippen molar-refractivity contribution in [2.24, 2.45) is 0 Å². The van der Waals surface area contributed by atoms with E-state index in [1.54, 1.807) is 0 Å². The number of carbonyl (C=O) groups excluding carboxylic acids is 3. The van der Waals surface area contributed by atoms with Crippen molar-refractivity contribution in [3.8, 4) is 0 Å². The molecule has 0 heterocycles. The van der Waals surface area contributed by atoms with E-state index in [1.807, 2.05) is 0 Å². The Hall–Kier alpha value is -1.11. The van der Waals surface area contributed by atoms with Gasteiger partial charge in [0, 0.05) is 0 Å². The van der Waals surface area contributed by atoms with Gasteiger partial charge in [0.05, 0.1) is 26.3 Å². The van der Waals surface area contributed by atoms with Gasteiger partial charge < -0.3 is 10.2 Å². The second kappa shape index (κ2) is 6.36. The zero-order chi connectivity index (χ0) is 11.0. The molecule has 6 nitrogen and oxygen atoms in total. The van der Waals surface area contributed by atoms with Crippen LogP contribution in [0.4, 0.5) is 0 Å². The Labute approximate surface area is 81.1 Å². The number of nitrogens with zero attached hydrogens (tertiary/aromatic N) is 1. The Balaban J connectivity index is 4.76. The SMILES string of the molecule is O=[C]CN(C[C]=O)C([C]=O)(CO)CO. The smallest absolute Gasteiger partial charge is 0.225 e. The van der Waals surface area contributed by atoms with Gasteiger partial charge in [-0.25, -0.2) is 0 Å². The van der Waals surface area contributed by atoms with Gasteiger partial charge in [-0.3, -0.25) is 19.3 Å². The number of rotatable bonds is 8. The van der Waals surface area contributed by atoms with E-state index in [0.717, 1.165) is 4.90 Å². The molecule has 0 rings (SSSR count). The predicted octanol–water partition coefficient (Wildman–Crippen LogP) is -2.66. The molecule has 0 atom stereocenters. The summed E-state index contributed by atoms with van der Waals surface area (Å²) in [6.07, 6.45) is 4.32. The molecule has 0 aromatic carbocycles. The zero-order valence-electron chi connectivity index (χ0n) is 7.39. The maximum absolute atomic E-state index is 10.5. The summed E-state index contributed by atoms with van der Waals surface area (Å²) in [4.78, 5) is 31.7. The van der Waals surface area contributed by atoms with E-state index in [-0.39, 0.29) is 13.1 Å². The lowest BCUT2D eigenvalue weighted by Gasteiger charge is -2.33. The summed E-state index contributed by atoms with van der Waals surface area (Å²) in [5.74, 6) is 0. The van der Waals surface area contributed by atoms with Crippen LogP contribution in [0, 0.1) is 0 Å². The topological polar surface area (TPSA) is 94.9 Å². The molecule has 0 aromatic rings. The maximum Gasteiger partial charge on any atom is 0.225 e. The van der Waals surface area contributed by atoms with Crippen LogP contribution in [0.3, 0.4) is 0 Å². The highest BCUT2D eigenvalue weighted by Gasteiger charge is 2.36. The molecule has 0 saturated carbocycles. The molecule has 0 unspecified atom stereocenters. The van der Waals surface area contributed by atoms with E-state index < -0.39 is 18.8 Å². The first-order valence-corrected chi connectivity index (χ1v) is 3.77. The zero-order valence-corrected chi connectivity index (χ0v) is 7.39. The number of aliphatic hydroxyl groups is 2. The fraction of sp³-hybridized carbons (Fsp3) is 0.625. The van der Waals surface area contributed by atoms with Gasteiger partial charge in [0.25, 0.3) is 0 Å². The second-order valence-electron chi connectivity index (χ2n) is 2.59. The summed E-state index contributed by atoms with van der Waals surface area (Å²) < 4.78 is 0. The molecular weight excluding hydrogens is 190 g/mol. The molecule has 0 aromatic heterocycles. The highest BCUT2D eigenvalue weighted by atomic mass is 16.3. The summed E-state index contributed by atoms with van der Waals surface area (Å²) in [5.41, 5.74) is -1.74. The predicted molar refractivity (Wildman–Crippen MR) is 45.6 cm³/mol. The molecule has 2 N–H and O–H groups in total. The van der Waals surface area contributed by atoms with Gasteiger partial charge in [-0.1, -0.05) is 0 Å². The Bertz CT molecular complexity index is 192. The van der Waals surface area contributed by atoms with E-state index in [4.69, 9.17) is 10.2 Å². The lowest BCUT2D eigenvalue weighted by molar-refractivity contribution is 0.0512. The fourth-order valence-corrected chi connectivity index (χ4v) is 0.894. The number of hydrogen-bond acceptors (Lipinski definition) is 6. The first kappa shape index (κ1) is 12.9. The Kier molecular flexibility index (Phi) is 5.86. The Morgan fingerprint density at radius 1 is 1.00 bits per heavy atom. The van der Waals surface area contributed by atoms with Crippen LogP contribution in [0.25, 0.3) is 0 Å². The van der Waals surface area contributed by atoms with E-state index in [2.05, 4.69) is 0 Å². The van der Waals surface area contributed by atoms with Crippen LogP contribution in [0.2, 0.25) is 0 Å². The van der Waals surface area contributed by atoms with Crippen molar-refractivity contribution in [1.82, 2.24) is 4.90 Å². The molecule has 3 radical (unpaired) electrons. The van der Waals surface area contributed by atoms with Crippen molar-refractivity contribution in [3.63, 3.8) is 0 Å². The summed E-state index contributed by atoms with van der Waals surface area (Å²) in [5, 5.41) is 17.8. The minimum Gasteiger partial charge on any atom is -0.394 e. The summed E-state index contributed by atoms with van der Waals surface area (Å²) in [6, 6.07) is 0. The van der Waals surface area contributed by atoms with Crippen LogP contribution >= 0.6 is 0 Å². The molecule has 6 heteroatoms. The molecule has 0 aliphatic rings. The highest BCUT2D eigenvalue weighted by Crippen LogP contribution is 2.10. The fourth-order valence-electron chi connectivity index (χ4n) is 0.894. The average Bonchev–Trinajstić information content (AvgIpc) is 2.22. The largest absolute Gasteiger partial charge is 0.394 e. The lowest BCUT2D eigenvalue weighted by atomic mass is 10.0. The second-order valence-corrected chi connectivity index (χ2v) is 2.59. The minimum absolute atomic E-state index is 0.383. The highest BCUT2D eigenvalue weighted by molar-refractivity contribution is 5.68. The molecule has 0 aliphatic heterocycles. The van der Waals surface area contributed by atoms with Gasteiger partial charge in [-0.15, -0.1) is 0 Å². The van der Waals surface area contributed by atoms with Gasteiger partial charge in [0.1, 0.15) is 5.54 Å². The Morgan fingerprint density at radius 3 is 1.64 bits per heavy atom. The number of aliphatic hydroxyl groups excluding tert-OH is 2. The minimum atomic E-state index is -1.74. The first-order chi connectivity index (χ1) is 6.70. The van der Waals surface area contributed by atoms with Crippen molar-refractivity contribution < 1.29 is 24.6 Å². The molecule has 0 amide bonds. The van der Waals surface area contributed by atoms with Crippen LogP contribution in [0.5, 0.6) is 0 Å². The molecular formula is C8H10NO5. The van der Waals surface area contributed by atoms with E-state index in [1.165, 1.54) is 18.9 Å². The quantitative estimate of drug-likeness (QED) is 0.444. The van der Waals surface area contributed by atoms with Crippen molar-refractivity contribution in [2.75, 3.05) is 26.3 Å². The van der Waals surface area contributed by atoms with Crippen molar-refractivity contribution in [2.45, 2.75) is 5.54 Å².